The van der Waals surface area contributed by atoms with E-state index in [0.717, 1.165) is 18.5 Å². The van der Waals surface area contributed by atoms with E-state index in [1.165, 1.54) is 51.2 Å². The molecular weight excluding hydrogens is 465 g/mol. The highest BCUT2D eigenvalue weighted by Crippen LogP contribution is 2.31. The van der Waals surface area contributed by atoms with Crippen molar-refractivity contribution >= 4 is 0 Å². The van der Waals surface area contributed by atoms with Crippen molar-refractivity contribution in [2.75, 3.05) is 0 Å². The maximum Gasteiger partial charge on any atom is 0.435 e. The van der Waals surface area contributed by atoms with Crippen LogP contribution >= 0.6 is 0 Å². The number of rotatable bonds is 0. The molecule has 180 valence electrons. The standard InChI is InChI=1S/C8H7F3.C7H6F3N.C6H5F3N2/c1-6-4-2-3-5-7(6)8(9,10)11;1-5-3-2-4-11-6(5)7(8,9)10;1-4-5(6(7,8)9)11-3-2-10-4/h2-5H,1H3;2-4H,1H3;2-3H,1H3. The molecule has 33 heavy (non-hydrogen) atoms. The van der Waals surface area contributed by atoms with Crippen molar-refractivity contribution in [3.63, 3.8) is 0 Å². The molecule has 0 fully saturated rings. The topological polar surface area (TPSA) is 38.7 Å². The number of aryl methyl sites for hydroxylation is 3. The third-order valence-electron chi connectivity index (χ3n) is 3.88. The monoisotopic (exact) mass is 483 g/mol. The molecule has 0 bridgehead atoms. The fourth-order valence-corrected chi connectivity index (χ4v) is 2.36. The van der Waals surface area contributed by atoms with Gasteiger partial charge in [-0.3, -0.25) is 9.97 Å². The highest BCUT2D eigenvalue weighted by atomic mass is 19.4. The van der Waals surface area contributed by atoms with E-state index in [2.05, 4.69) is 15.0 Å². The van der Waals surface area contributed by atoms with E-state index in [4.69, 9.17) is 0 Å². The Morgan fingerprint density at radius 1 is 0.515 bits per heavy atom. The summed E-state index contributed by atoms with van der Waals surface area (Å²) >= 11 is 0. The zero-order valence-electron chi connectivity index (χ0n) is 17.4. The molecule has 12 heteroatoms. The van der Waals surface area contributed by atoms with Crippen molar-refractivity contribution in [1.29, 1.82) is 0 Å². The third-order valence-corrected chi connectivity index (χ3v) is 3.88. The zero-order valence-corrected chi connectivity index (χ0v) is 17.4. The number of hydrogen-bond donors (Lipinski definition) is 0. The molecular formula is C21H18F9N3. The number of alkyl halides is 9. The molecule has 3 rings (SSSR count). The zero-order chi connectivity index (χ0) is 25.4. The Bertz CT molecular complexity index is 894. The maximum atomic E-state index is 12.0. The van der Waals surface area contributed by atoms with Crippen LogP contribution in [0, 0.1) is 20.8 Å². The molecule has 0 amide bonds. The number of pyridine rings is 1. The van der Waals surface area contributed by atoms with Gasteiger partial charge in [0.25, 0.3) is 0 Å². The molecule has 2 heterocycles. The SMILES string of the molecule is Cc1ccccc1C(F)(F)F.Cc1cccnc1C(F)(F)F.Cc1nccnc1C(F)(F)F. The summed E-state index contributed by atoms with van der Waals surface area (Å²) in [6.07, 6.45) is -9.55. The summed E-state index contributed by atoms with van der Waals surface area (Å²) in [5, 5.41) is 0. The molecule has 0 atom stereocenters. The predicted molar refractivity (Wildman–Crippen MR) is 102 cm³/mol. The molecule has 0 radical (unpaired) electrons. The first-order valence-corrected chi connectivity index (χ1v) is 9.01. The second kappa shape index (κ2) is 11.1. The van der Waals surface area contributed by atoms with Gasteiger partial charge in [0.15, 0.2) is 5.69 Å². The Labute approximate surface area is 183 Å². The van der Waals surface area contributed by atoms with E-state index in [9.17, 15) is 39.5 Å². The van der Waals surface area contributed by atoms with Gasteiger partial charge in [-0.05, 0) is 44.0 Å². The van der Waals surface area contributed by atoms with Crippen LogP contribution in [0.2, 0.25) is 0 Å². The highest BCUT2D eigenvalue weighted by Gasteiger charge is 2.35. The lowest BCUT2D eigenvalue weighted by Crippen LogP contribution is -2.10. The van der Waals surface area contributed by atoms with Crippen LogP contribution in [0.25, 0.3) is 0 Å². The summed E-state index contributed by atoms with van der Waals surface area (Å²) in [7, 11) is 0. The van der Waals surface area contributed by atoms with E-state index >= 15 is 0 Å². The van der Waals surface area contributed by atoms with E-state index in [1.807, 2.05) is 0 Å². The van der Waals surface area contributed by atoms with Gasteiger partial charge in [0, 0.05) is 18.6 Å². The normalized spacial score (nSPS) is 11.6. The largest absolute Gasteiger partial charge is 0.435 e. The van der Waals surface area contributed by atoms with Gasteiger partial charge in [0.1, 0.15) is 5.69 Å². The Hall–Kier alpha value is -3.18. The maximum absolute atomic E-state index is 12.0. The van der Waals surface area contributed by atoms with Crippen LogP contribution in [-0.2, 0) is 18.5 Å². The number of aromatic nitrogens is 3. The minimum Gasteiger partial charge on any atom is -0.258 e. The smallest absolute Gasteiger partial charge is 0.258 e. The first kappa shape index (κ1) is 27.9. The summed E-state index contributed by atoms with van der Waals surface area (Å²) in [5.74, 6) is 0. The Kier molecular flexibility index (Phi) is 9.37. The number of benzene rings is 1. The summed E-state index contributed by atoms with van der Waals surface area (Å²) in [4.78, 5) is 9.85. The minimum absolute atomic E-state index is 0.0972. The van der Waals surface area contributed by atoms with E-state index in [1.54, 1.807) is 6.07 Å². The fourth-order valence-electron chi connectivity index (χ4n) is 2.36. The molecule has 0 saturated heterocycles. The van der Waals surface area contributed by atoms with Gasteiger partial charge in [0.05, 0.1) is 11.3 Å². The number of nitrogens with zero attached hydrogens (tertiary/aromatic N) is 3. The molecule has 0 spiro atoms. The summed E-state index contributed by atoms with van der Waals surface area (Å²) < 4.78 is 108. The van der Waals surface area contributed by atoms with Crippen LogP contribution < -0.4 is 0 Å². The average Bonchev–Trinajstić information content (AvgIpc) is 2.67. The first-order chi connectivity index (χ1) is 15.0. The Morgan fingerprint density at radius 2 is 1.00 bits per heavy atom. The van der Waals surface area contributed by atoms with Crippen molar-refractivity contribution in [2.24, 2.45) is 0 Å². The number of hydrogen-bond acceptors (Lipinski definition) is 3. The quantitative estimate of drug-likeness (QED) is 0.317. The third kappa shape index (κ3) is 9.07. The van der Waals surface area contributed by atoms with Gasteiger partial charge in [-0.15, -0.1) is 0 Å². The summed E-state index contributed by atoms with van der Waals surface area (Å²) in [5.41, 5.74) is -1.96. The first-order valence-electron chi connectivity index (χ1n) is 9.01. The van der Waals surface area contributed by atoms with Crippen LogP contribution in [0.15, 0.2) is 55.0 Å². The minimum atomic E-state index is -4.39. The Morgan fingerprint density at radius 3 is 1.36 bits per heavy atom. The van der Waals surface area contributed by atoms with Crippen LogP contribution in [0.3, 0.4) is 0 Å². The molecule has 0 aliphatic heterocycles. The van der Waals surface area contributed by atoms with Crippen LogP contribution in [-0.4, -0.2) is 15.0 Å². The second-order valence-corrected chi connectivity index (χ2v) is 6.47. The lowest BCUT2D eigenvalue weighted by Gasteiger charge is -2.08. The van der Waals surface area contributed by atoms with E-state index in [-0.39, 0.29) is 16.8 Å². The van der Waals surface area contributed by atoms with Gasteiger partial charge in [-0.1, -0.05) is 24.3 Å². The molecule has 0 aliphatic rings. The average molecular weight is 483 g/mol. The molecule has 3 aromatic rings. The fraction of sp³-hybridized carbons (Fsp3) is 0.286. The lowest BCUT2D eigenvalue weighted by molar-refractivity contribution is -0.142. The van der Waals surface area contributed by atoms with Crippen molar-refractivity contribution in [1.82, 2.24) is 15.0 Å². The predicted octanol–water partition coefficient (Wildman–Crippen LogP) is 7.23. The summed E-state index contributed by atoms with van der Waals surface area (Å²) in [6, 6.07) is 8.36. The van der Waals surface area contributed by atoms with Gasteiger partial charge < -0.3 is 0 Å². The van der Waals surface area contributed by atoms with Crippen molar-refractivity contribution < 1.29 is 39.5 Å². The van der Waals surface area contributed by atoms with Crippen molar-refractivity contribution in [2.45, 2.75) is 39.3 Å². The number of halogens is 9. The van der Waals surface area contributed by atoms with Crippen LogP contribution in [0.5, 0.6) is 0 Å². The molecule has 0 unspecified atom stereocenters. The van der Waals surface area contributed by atoms with Gasteiger partial charge in [-0.25, -0.2) is 4.98 Å². The molecule has 0 N–H and O–H groups in total. The van der Waals surface area contributed by atoms with Gasteiger partial charge in [-0.2, -0.15) is 39.5 Å². The van der Waals surface area contributed by atoms with Crippen LogP contribution in [0.1, 0.15) is 33.8 Å². The second-order valence-electron chi connectivity index (χ2n) is 6.47. The van der Waals surface area contributed by atoms with Crippen LogP contribution in [0.4, 0.5) is 39.5 Å². The summed E-state index contributed by atoms with van der Waals surface area (Å²) in [6.45, 7) is 4.11. The highest BCUT2D eigenvalue weighted by molar-refractivity contribution is 5.27. The van der Waals surface area contributed by atoms with E-state index < -0.39 is 35.5 Å². The molecule has 0 saturated carbocycles. The molecule has 3 nitrogen and oxygen atoms in total. The van der Waals surface area contributed by atoms with Gasteiger partial charge in [0.2, 0.25) is 0 Å². The Balaban J connectivity index is 0.000000247. The van der Waals surface area contributed by atoms with E-state index in [0.29, 0.717) is 0 Å². The molecule has 0 aliphatic carbocycles. The van der Waals surface area contributed by atoms with Gasteiger partial charge >= 0.3 is 18.5 Å². The van der Waals surface area contributed by atoms with Crippen molar-refractivity contribution in [3.05, 3.63) is 88.8 Å². The molecule has 1 aromatic carbocycles. The molecule has 2 aromatic heterocycles. The lowest BCUT2D eigenvalue weighted by atomic mass is 10.1. The van der Waals surface area contributed by atoms with Crippen molar-refractivity contribution in [3.8, 4) is 0 Å².